The van der Waals surface area contributed by atoms with Crippen LogP contribution in [0.25, 0.3) is 0 Å². The fraction of sp³-hybridized carbons (Fsp3) is 1.00. The average molecular weight is 209 g/mol. The Balaban J connectivity index is 2.61. The van der Waals surface area contributed by atoms with Crippen molar-refractivity contribution in [3.63, 3.8) is 0 Å². The van der Waals surface area contributed by atoms with Crippen LogP contribution in [0.5, 0.6) is 0 Å². The zero-order chi connectivity index (χ0) is 9.90. The first kappa shape index (κ1) is 10.9. The van der Waals surface area contributed by atoms with Crippen LogP contribution < -0.4 is 0 Å². The molecule has 1 N–H and O–H groups in total. The van der Waals surface area contributed by atoms with E-state index in [-0.39, 0.29) is 25.0 Å². The van der Waals surface area contributed by atoms with E-state index in [0.29, 0.717) is 13.2 Å². The molecule has 0 spiro atoms. The summed E-state index contributed by atoms with van der Waals surface area (Å²) in [6, 6.07) is 0. The maximum Gasteiger partial charge on any atom is 0.213 e. The molecule has 0 bridgehead atoms. The molecule has 6 heteroatoms. The van der Waals surface area contributed by atoms with Gasteiger partial charge in [0.2, 0.25) is 10.0 Å². The summed E-state index contributed by atoms with van der Waals surface area (Å²) in [6.45, 7) is 2.51. The van der Waals surface area contributed by atoms with Gasteiger partial charge < -0.3 is 9.84 Å². The highest BCUT2D eigenvalue weighted by atomic mass is 32.2. The number of ether oxygens (including phenoxy) is 1. The number of rotatable bonds is 3. The van der Waals surface area contributed by atoms with Gasteiger partial charge in [0.15, 0.2) is 0 Å². The molecule has 1 saturated heterocycles. The van der Waals surface area contributed by atoms with E-state index in [4.69, 9.17) is 9.84 Å². The normalized spacial score (nSPS) is 26.2. The van der Waals surface area contributed by atoms with E-state index in [0.717, 1.165) is 0 Å². The first-order chi connectivity index (χ1) is 6.10. The van der Waals surface area contributed by atoms with Gasteiger partial charge in [0.1, 0.15) is 0 Å². The first-order valence-electron chi connectivity index (χ1n) is 4.30. The zero-order valence-electron chi connectivity index (χ0n) is 7.64. The summed E-state index contributed by atoms with van der Waals surface area (Å²) in [7, 11) is -3.12. The molecule has 5 nitrogen and oxygen atoms in total. The van der Waals surface area contributed by atoms with Crippen molar-refractivity contribution in [2.24, 2.45) is 0 Å². The SMILES string of the molecule is CCS(=O)(=O)N1CCOC(CO)C1. The molecule has 0 aromatic heterocycles. The van der Waals surface area contributed by atoms with E-state index in [9.17, 15) is 8.42 Å². The van der Waals surface area contributed by atoms with Gasteiger partial charge >= 0.3 is 0 Å². The number of hydrogen-bond acceptors (Lipinski definition) is 4. The molecule has 1 aliphatic heterocycles. The van der Waals surface area contributed by atoms with Crippen LogP contribution >= 0.6 is 0 Å². The Morgan fingerprint density at radius 1 is 1.62 bits per heavy atom. The van der Waals surface area contributed by atoms with Crippen molar-refractivity contribution in [2.45, 2.75) is 13.0 Å². The Labute approximate surface area is 78.4 Å². The Bertz CT molecular complexity index is 251. The molecule has 0 amide bonds. The first-order valence-corrected chi connectivity index (χ1v) is 5.91. The second-order valence-corrected chi connectivity index (χ2v) is 5.19. The molecule has 0 aromatic rings. The van der Waals surface area contributed by atoms with Crippen molar-refractivity contribution in [3.05, 3.63) is 0 Å². The molecule has 0 aromatic carbocycles. The van der Waals surface area contributed by atoms with Gasteiger partial charge in [0.25, 0.3) is 0 Å². The minimum atomic E-state index is -3.12. The molecular weight excluding hydrogens is 194 g/mol. The van der Waals surface area contributed by atoms with Crippen LogP contribution in [0, 0.1) is 0 Å². The summed E-state index contributed by atoms with van der Waals surface area (Å²) >= 11 is 0. The smallest absolute Gasteiger partial charge is 0.213 e. The highest BCUT2D eigenvalue weighted by molar-refractivity contribution is 7.89. The van der Waals surface area contributed by atoms with Gasteiger partial charge in [-0.2, -0.15) is 4.31 Å². The quantitative estimate of drug-likeness (QED) is 0.649. The Hall–Kier alpha value is -0.170. The predicted octanol–water partition coefficient (Wildman–Crippen LogP) is -0.971. The van der Waals surface area contributed by atoms with Gasteiger partial charge in [-0.3, -0.25) is 0 Å². The van der Waals surface area contributed by atoms with Crippen molar-refractivity contribution in [2.75, 3.05) is 32.1 Å². The fourth-order valence-electron chi connectivity index (χ4n) is 1.24. The van der Waals surface area contributed by atoms with E-state index in [1.54, 1.807) is 6.92 Å². The monoisotopic (exact) mass is 209 g/mol. The molecule has 0 radical (unpaired) electrons. The van der Waals surface area contributed by atoms with E-state index in [1.165, 1.54) is 4.31 Å². The van der Waals surface area contributed by atoms with Crippen LogP contribution in [-0.4, -0.2) is 56.0 Å². The molecule has 1 unspecified atom stereocenters. The summed E-state index contributed by atoms with van der Waals surface area (Å²) < 4.78 is 29.3. The average Bonchev–Trinajstić information content (AvgIpc) is 2.18. The van der Waals surface area contributed by atoms with Crippen molar-refractivity contribution >= 4 is 10.0 Å². The predicted molar refractivity (Wildman–Crippen MR) is 47.9 cm³/mol. The lowest BCUT2D eigenvalue weighted by Gasteiger charge is -2.30. The molecule has 1 atom stereocenters. The van der Waals surface area contributed by atoms with Gasteiger partial charge in [0, 0.05) is 13.1 Å². The Morgan fingerprint density at radius 2 is 2.31 bits per heavy atom. The molecule has 0 saturated carbocycles. The molecule has 1 aliphatic rings. The van der Waals surface area contributed by atoms with Crippen LogP contribution in [0.15, 0.2) is 0 Å². The lowest BCUT2D eigenvalue weighted by molar-refractivity contribution is -0.0304. The van der Waals surface area contributed by atoms with E-state index >= 15 is 0 Å². The van der Waals surface area contributed by atoms with Gasteiger partial charge in [-0.05, 0) is 6.92 Å². The largest absolute Gasteiger partial charge is 0.394 e. The molecular formula is C7H15NO4S. The van der Waals surface area contributed by atoms with Crippen molar-refractivity contribution in [1.82, 2.24) is 4.31 Å². The summed E-state index contributed by atoms with van der Waals surface area (Å²) in [5, 5.41) is 8.80. The van der Waals surface area contributed by atoms with Crippen molar-refractivity contribution in [3.8, 4) is 0 Å². The number of nitrogens with zero attached hydrogens (tertiary/aromatic N) is 1. The standard InChI is InChI=1S/C7H15NO4S/c1-2-13(10,11)8-3-4-12-7(5-8)6-9/h7,9H,2-6H2,1H3. The highest BCUT2D eigenvalue weighted by Crippen LogP contribution is 2.09. The van der Waals surface area contributed by atoms with Crippen LogP contribution in [0.2, 0.25) is 0 Å². The third-order valence-corrected chi connectivity index (χ3v) is 3.91. The minimum Gasteiger partial charge on any atom is -0.394 e. The fourth-order valence-corrected chi connectivity index (χ4v) is 2.35. The summed E-state index contributed by atoms with van der Waals surface area (Å²) in [5.74, 6) is 0.102. The topological polar surface area (TPSA) is 66.8 Å². The van der Waals surface area contributed by atoms with Gasteiger partial charge in [-0.15, -0.1) is 0 Å². The highest BCUT2D eigenvalue weighted by Gasteiger charge is 2.27. The molecule has 1 fully saturated rings. The number of hydrogen-bond donors (Lipinski definition) is 1. The van der Waals surface area contributed by atoms with E-state index in [1.807, 2.05) is 0 Å². The number of aliphatic hydroxyl groups excluding tert-OH is 1. The van der Waals surface area contributed by atoms with Crippen LogP contribution in [0.4, 0.5) is 0 Å². The van der Waals surface area contributed by atoms with Gasteiger partial charge in [-0.25, -0.2) is 8.42 Å². The second kappa shape index (κ2) is 4.36. The maximum atomic E-state index is 11.4. The summed E-state index contributed by atoms with van der Waals surface area (Å²) in [5.41, 5.74) is 0. The Kier molecular flexibility index (Phi) is 3.66. The van der Waals surface area contributed by atoms with Crippen LogP contribution in [0.3, 0.4) is 0 Å². The van der Waals surface area contributed by atoms with Crippen molar-refractivity contribution < 1.29 is 18.3 Å². The van der Waals surface area contributed by atoms with Gasteiger partial charge in [0.05, 0.1) is 25.1 Å². The number of sulfonamides is 1. The maximum absolute atomic E-state index is 11.4. The minimum absolute atomic E-state index is 0.102. The van der Waals surface area contributed by atoms with E-state index in [2.05, 4.69) is 0 Å². The lowest BCUT2D eigenvalue weighted by atomic mass is 10.3. The van der Waals surface area contributed by atoms with Crippen molar-refractivity contribution in [1.29, 1.82) is 0 Å². The van der Waals surface area contributed by atoms with Crippen LogP contribution in [0.1, 0.15) is 6.92 Å². The molecule has 1 rings (SSSR count). The zero-order valence-corrected chi connectivity index (χ0v) is 8.46. The van der Waals surface area contributed by atoms with Gasteiger partial charge in [-0.1, -0.05) is 0 Å². The molecule has 78 valence electrons. The molecule has 0 aliphatic carbocycles. The molecule has 1 heterocycles. The van der Waals surface area contributed by atoms with E-state index < -0.39 is 10.0 Å². The number of aliphatic hydroxyl groups is 1. The third-order valence-electron chi connectivity index (χ3n) is 2.06. The second-order valence-electron chi connectivity index (χ2n) is 2.93. The van der Waals surface area contributed by atoms with Crippen LogP contribution in [-0.2, 0) is 14.8 Å². The lowest BCUT2D eigenvalue weighted by Crippen LogP contribution is -2.47. The molecule has 13 heavy (non-hydrogen) atoms. The third kappa shape index (κ3) is 2.63. The number of morpholine rings is 1. The summed E-state index contributed by atoms with van der Waals surface area (Å²) in [4.78, 5) is 0. The summed E-state index contributed by atoms with van der Waals surface area (Å²) in [6.07, 6.45) is -0.366. The Morgan fingerprint density at radius 3 is 2.85 bits per heavy atom.